The van der Waals surface area contributed by atoms with Crippen molar-refractivity contribution < 1.29 is 9.84 Å². The average Bonchev–Trinajstić information content (AvgIpc) is 2.53. The number of aliphatic hydroxyl groups excluding tert-OH is 1. The Kier molecular flexibility index (Phi) is 3.69. The van der Waals surface area contributed by atoms with Crippen LogP contribution in [0.5, 0.6) is 0 Å². The molecular formula is C15H16N4O2. The van der Waals surface area contributed by atoms with Crippen LogP contribution in [-0.2, 0) is 4.74 Å². The molecule has 1 saturated heterocycles. The van der Waals surface area contributed by atoms with Gasteiger partial charge in [0.2, 0.25) is 0 Å². The highest BCUT2D eigenvalue weighted by Gasteiger charge is 2.26. The zero-order valence-corrected chi connectivity index (χ0v) is 11.7. The molecule has 1 aromatic carbocycles. The van der Waals surface area contributed by atoms with Gasteiger partial charge in [0.25, 0.3) is 0 Å². The van der Waals surface area contributed by atoms with Crippen molar-refractivity contribution in [1.82, 2.24) is 9.97 Å². The maximum atomic E-state index is 9.35. The average molecular weight is 284 g/mol. The molecular weight excluding hydrogens is 268 g/mol. The Morgan fingerprint density at radius 2 is 2.10 bits per heavy atom. The maximum absolute atomic E-state index is 9.35. The van der Waals surface area contributed by atoms with Gasteiger partial charge in [-0.2, -0.15) is 5.26 Å². The Hall–Kier alpha value is -2.23. The monoisotopic (exact) mass is 284 g/mol. The highest BCUT2D eigenvalue weighted by molar-refractivity contribution is 5.91. The summed E-state index contributed by atoms with van der Waals surface area (Å²) in [5, 5.41) is 18.5. The number of morpholine rings is 1. The lowest BCUT2D eigenvalue weighted by molar-refractivity contribution is -0.0420. The molecule has 0 spiro atoms. The molecule has 2 heterocycles. The van der Waals surface area contributed by atoms with Crippen LogP contribution in [0.25, 0.3) is 11.0 Å². The Bertz CT molecular complexity index is 698. The Labute approximate surface area is 122 Å². The molecule has 1 N–H and O–H groups in total. The molecule has 3 rings (SSSR count). The van der Waals surface area contributed by atoms with E-state index in [0.29, 0.717) is 29.7 Å². The first-order chi connectivity index (χ1) is 10.2. The number of aromatic nitrogens is 2. The minimum Gasteiger partial charge on any atom is -0.394 e. The van der Waals surface area contributed by atoms with Crippen LogP contribution in [0.1, 0.15) is 12.5 Å². The van der Waals surface area contributed by atoms with Crippen molar-refractivity contribution in [3.05, 3.63) is 30.1 Å². The highest BCUT2D eigenvalue weighted by Crippen LogP contribution is 2.28. The van der Waals surface area contributed by atoms with Crippen LogP contribution in [0.2, 0.25) is 0 Å². The molecule has 2 aromatic rings. The van der Waals surface area contributed by atoms with Crippen LogP contribution in [0.15, 0.2) is 24.5 Å². The molecule has 1 aromatic heterocycles. The van der Waals surface area contributed by atoms with Gasteiger partial charge in [0.05, 0.1) is 30.1 Å². The van der Waals surface area contributed by atoms with E-state index in [1.807, 2.05) is 13.0 Å². The normalized spacial score (nSPS) is 22.2. The maximum Gasteiger partial charge on any atom is 0.113 e. The van der Waals surface area contributed by atoms with Crippen LogP contribution in [0.3, 0.4) is 0 Å². The third-order valence-corrected chi connectivity index (χ3v) is 3.59. The number of aliphatic hydroxyl groups is 1. The molecule has 0 aliphatic carbocycles. The fraction of sp³-hybridized carbons (Fsp3) is 0.400. The molecule has 0 amide bonds. The number of anilines is 1. The van der Waals surface area contributed by atoms with E-state index in [9.17, 15) is 10.4 Å². The van der Waals surface area contributed by atoms with Gasteiger partial charge < -0.3 is 14.7 Å². The molecule has 0 saturated carbocycles. The summed E-state index contributed by atoms with van der Waals surface area (Å²) in [6.45, 7) is 3.28. The fourth-order valence-corrected chi connectivity index (χ4v) is 2.73. The number of benzene rings is 1. The summed E-state index contributed by atoms with van der Waals surface area (Å²) in [6.07, 6.45) is 3.03. The first-order valence-corrected chi connectivity index (χ1v) is 6.88. The number of hydrogen-bond acceptors (Lipinski definition) is 6. The van der Waals surface area contributed by atoms with Crippen molar-refractivity contribution in [2.24, 2.45) is 0 Å². The van der Waals surface area contributed by atoms with Gasteiger partial charge in [0, 0.05) is 25.5 Å². The lowest BCUT2D eigenvalue weighted by Gasteiger charge is -2.37. The summed E-state index contributed by atoms with van der Waals surface area (Å²) in [4.78, 5) is 10.8. The summed E-state index contributed by atoms with van der Waals surface area (Å²) in [6, 6.07) is 5.80. The topological polar surface area (TPSA) is 82.3 Å². The molecule has 0 radical (unpaired) electrons. The number of nitriles is 1. The SMILES string of the molecule is C[C@@H]1CN(c2ccc(C#N)c3nccnc23)C[C@H](CO)O1. The molecule has 1 fully saturated rings. The molecule has 6 heteroatoms. The van der Waals surface area contributed by atoms with Gasteiger partial charge in [0.15, 0.2) is 0 Å². The summed E-state index contributed by atoms with van der Waals surface area (Å²) in [5.41, 5.74) is 2.76. The van der Waals surface area contributed by atoms with Crippen LogP contribution in [0, 0.1) is 11.3 Å². The van der Waals surface area contributed by atoms with Crippen LogP contribution < -0.4 is 4.90 Å². The molecule has 1 aliphatic heterocycles. The van der Waals surface area contributed by atoms with E-state index in [4.69, 9.17) is 4.74 Å². The first-order valence-electron chi connectivity index (χ1n) is 6.88. The zero-order chi connectivity index (χ0) is 14.8. The zero-order valence-electron chi connectivity index (χ0n) is 11.7. The van der Waals surface area contributed by atoms with Crippen LogP contribution >= 0.6 is 0 Å². The minimum atomic E-state index is -0.212. The number of rotatable bonds is 2. The van der Waals surface area contributed by atoms with Crippen molar-refractivity contribution in [3.63, 3.8) is 0 Å². The van der Waals surface area contributed by atoms with E-state index in [2.05, 4.69) is 20.9 Å². The summed E-state index contributed by atoms with van der Waals surface area (Å²) < 4.78 is 5.66. The van der Waals surface area contributed by atoms with E-state index in [1.54, 1.807) is 18.5 Å². The number of nitrogens with zero attached hydrogens (tertiary/aromatic N) is 4. The Morgan fingerprint density at radius 1 is 1.33 bits per heavy atom. The minimum absolute atomic E-state index is 0.0132. The van der Waals surface area contributed by atoms with Crippen LogP contribution in [0.4, 0.5) is 5.69 Å². The van der Waals surface area contributed by atoms with Gasteiger partial charge in [0.1, 0.15) is 17.1 Å². The molecule has 0 unspecified atom stereocenters. The standard InChI is InChI=1S/C15H16N4O2/c1-10-7-19(8-12(9-20)21-10)13-3-2-11(6-16)14-15(13)18-5-4-17-14/h2-5,10,12,20H,7-9H2,1H3/t10-,12-/m1/s1. The molecule has 1 aliphatic rings. The highest BCUT2D eigenvalue weighted by atomic mass is 16.5. The van der Waals surface area contributed by atoms with Crippen molar-refractivity contribution in [2.75, 3.05) is 24.6 Å². The summed E-state index contributed by atoms with van der Waals surface area (Å²) in [7, 11) is 0. The Morgan fingerprint density at radius 3 is 2.81 bits per heavy atom. The van der Waals surface area contributed by atoms with E-state index in [-0.39, 0.29) is 18.8 Å². The largest absolute Gasteiger partial charge is 0.394 e. The molecule has 108 valence electrons. The van der Waals surface area contributed by atoms with Crippen molar-refractivity contribution in [3.8, 4) is 6.07 Å². The van der Waals surface area contributed by atoms with E-state index >= 15 is 0 Å². The second-order valence-electron chi connectivity index (χ2n) is 5.15. The lowest BCUT2D eigenvalue weighted by Crippen LogP contribution is -2.48. The Balaban J connectivity index is 2.07. The second kappa shape index (κ2) is 5.64. The predicted octanol–water partition coefficient (Wildman–Crippen LogP) is 1.09. The first kappa shape index (κ1) is 13.7. The second-order valence-corrected chi connectivity index (χ2v) is 5.15. The van der Waals surface area contributed by atoms with Gasteiger partial charge >= 0.3 is 0 Å². The summed E-state index contributed by atoms with van der Waals surface area (Å²) >= 11 is 0. The van der Waals surface area contributed by atoms with Crippen molar-refractivity contribution >= 4 is 16.7 Å². The molecule has 0 bridgehead atoms. The van der Waals surface area contributed by atoms with E-state index < -0.39 is 0 Å². The van der Waals surface area contributed by atoms with Gasteiger partial charge in [-0.3, -0.25) is 9.97 Å². The smallest absolute Gasteiger partial charge is 0.113 e. The van der Waals surface area contributed by atoms with E-state index in [0.717, 1.165) is 5.69 Å². The van der Waals surface area contributed by atoms with Crippen LogP contribution in [-0.4, -0.2) is 47.0 Å². The number of fused-ring (bicyclic) bond motifs is 1. The third kappa shape index (κ3) is 2.53. The number of hydrogen-bond donors (Lipinski definition) is 1. The summed E-state index contributed by atoms with van der Waals surface area (Å²) in [5.74, 6) is 0. The van der Waals surface area contributed by atoms with E-state index in [1.165, 1.54) is 0 Å². The van der Waals surface area contributed by atoms with Crippen molar-refractivity contribution in [1.29, 1.82) is 5.26 Å². The molecule has 6 nitrogen and oxygen atoms in total. The lowest BCUT2D eigenvalue weighted by atomic mass is 10.1. The quantitative estimate of drug-likeness (QED) is 0.889. The molecule has 21 heavy (non-hydrogen) atoms. The van der Waals surface area contributed by atoms with Gasteiger partial charge in [-0.15, -0.1) is 0 Å². The predicted molar refractivity (Wildman–Crippen MR) is 77.9 cm³/mol. The number of ether oxygens (including phenoxy) is 1. The van der Waals surface area contributed by atoms with Gasteiger partial charge in [-0.05, 0) is 19.1 Å². The van der Waals surface area contributed by atoms with Gasteiger partial charge in [-0.25, -0.2) is 0 Å². The third-order valence-electron chi connectivity index (χ3n) is 3.59. The van der Waals surface area contributed by atoms with Gasteiger partial charge in [-0.1, -0.05) is 0 Å². The molecule has 2 atom stereocenters. The van der Waals surface area contributed by atoms with Crippen molar-refractivity contribution in [2.45, 2.75) is 19.1 Å². The fourth-order valence-electron chi connectivity index (χ4n) is 2.73.